The summed E-state index contributed by atoms with van der Waals surface area (Å²) in [6.45, 7) is 4.20. The number of thioether (sulfide) groups is 1. The van der Waals surface area contributed by atoms with Crippen molar-refractivity contribution in [3.63, 3.8) is 0 Å². The van der Waals surface area contributed by atoms with Gasteiger partial charge in [0.05, 0.1) is 28.6 Å². The smallest absolute Gasteiger partial charge is 0.343 e. The molecular formula is C27H21Cl2NO5S. The molecule has 0 N–H and O–H groups in total. The summed E-state index contributed by atoms with van der Waals surface area (Å²) in [7, 11) is 0. The van der Waals surface area contributed by atoms with Gasteiger partial charge in [0, 0.05) is 5.02 Å². The number of hydrogen-bond donors (Lipinski definition) is 0. The first kappa shape index (κ1) is 25.8. The molecule has 9 heteroatoms. The molecule has 3 aromatic carbocycles. The molecule has 1 aliphatic rings. The molecule has 0 unspecified atom stereocenters. The number of benzene rings is 3. The van der Waals surface area contributed by atoms with Gasteiger partial charge in [-0.25, -0.2) is 4.79 Å². The number of halogens is 2. The highest BCUT2D eigenvalue weighted by molar-refractivity contribution is 8.18. The summed E-state index contributed by atoms with van der Waals surface area (Å²) in [6, 6.07) is 17.1. The fraction of sp³-hybridized carbons (Fsp3) is 0.148. The number of nitrogens with zero attached hydrogens (tertiary/aromatic N) is 1. The van der Waals surface area contributed by atoms with Crippen molar-refractivity contribution in [2.75, 3.05) is 6.61 Å². The second-order valence-corrected chi connectivity index (χ2v) is 9.76. The van der Waals surface area contributed by atoms with Crippen LogP contribution in [0.4, 0.5) is 4.79 Å². The quantitative estimate of drug-likeness (QED) is 0.179. The molecular weight excluding hydrogens is 521 g/mol. The van der Waals surface area contributed by atoms with Crippen molar-refractivity contribution >= 4 is 58.2 Å². The average Bonchev–Trinajstić information content (AvgIpc) is 3.08. The van der Waals surface area contributed by atoms with Gasteiger partial charge < -0.3 is 9.47 Å². The minimum Gasteiger partial charge on any atom is -0.490 e. The fourth-order valence-electron chi connectivity index (χ4n) is 3.58. The Morgan fingerprint density at radius 1 is 1.06 bits per heavy atom. The van der Waals surface area contributed by atoms with Crippen molar-refractivity contribution in [2.24, 2.45) is 0 Å². The highest BCUT2D eigenvalue weighted by Gasteiger charge is 2.35. The molecule has 0 bridgehead atoms. The van der Waals surface area contributed by atoms with Crippen LogP contribution in [0.25, 0.3) is 6.08 Å². The summed E-state index contributed by atoms with van der Waals surface area (Å²) in [5.41, 5.74) is 2.69. The Kier molecular flexibility index (Phi) is 8.04. The second kappa shape index (κ2) is 11.2. The van der Waals surface area contributed by atoms with E-state index in [1.807, 2.05) is 31.2 Å². The zero-order chi connectivity index (χ0) is 25.8. The number of hydrogen-bond acceptors (Lipinski definition) is 6. The Balaban J connectivity index is 1.59. The van der Waals surface area contributed by atoms with E-state index in [1.165, 1.54) is 11.0 Å². The molecule has 0 aromatic heterocycles. The largest absolute Gasteiger partial charge is 0.490 e. The predicted molar refractivity (Wildman–Crippen MR) is 142 cm³/mol. The summed E-state index contributed by atoms with van der Waals surface area (Å²) < 4.78 is 11.2. The third kappa shape index (κ3) is 5.93. The molecule has 184 valence electrons. The molecule has 0 spiro atoms. The van der Waals surface area contributed by atoms with Gasteiger partial charge in [0.2, 0.25) is 0 Å². The van der Waals surface area contributed by atoms with Crippen molar-refractivity contribution < 1.29 is 23.9 Å². The Morgan fingerprint density at radius 3 is 2.56 bits per heavy atom. The topological polar surface area (TPSA) is 72.9 Å². The van der Waals surface area contributed by atoms with Crippen molar-refractivity contribution in [3.8, 4) is 11.5 Å². The molecule has 1 saturated heterocycles. The standard InChI is InChI=1S/C27H21Cl2NO5S/c1-3-34-22-12-18(11-21(29)24(22)35-26(32)19-8-5-9-20(28)14-19)13-23-25(31)30(27(33)36-23)15-17-7-4-6-16(2)10-17/h4-14H,3,15H2,1-2H3/b23-13-. The Labute approximate surface area is 222 Å². The van der Waals surface area contributed by atoms with Crippen molar-refractivity contribution in [2.45, 2.75) is 20.4 Å². The van der Waals surface area contributed by atoms with Gasteiger partial charge in [0.25, 0.3) is 11.1 Å². The van der Waals surface area contributed by atoms with Crippen LogP contribution in [0.3, 0.4) is 0 Å². The lowest BCUT2D eigenvalue weighted by Gasteiger charge is -2.14. The summed E-state index contributed by atoms with van der Waals surface area (Å²) in [6.07, 6.45) is 1.57. The van der Waals surface area contributed by atoms with E-state index in [1.54, 1.807) is 43.3 Å². The van der Waals surface area contributed by atoms with Gasteiger partial charge >= 0.3 is 5.97 Å². The van der Waals surface area contributed by atoms with Crippen molar-refractivity contribution in [1.82, 2.24) is 4.90 Å². The summed E-state index contributed by atoms with van der Waals surface area (Å²) in [5.74, 6) is -0.763. The number of carbonyl (C=O) groups excluding carboxylic acids is 3. The van der Waals surface area contributed by atoms with E-state index in [0.717, 1.165) is 22.9 Å². The third-order valence-electron chi connectivity index (χ3n) is 5.18. The molecule has 4 rings (SSSR count). The summed E-state index contributed by atoms with van der Waals surface area (Å²) in [5, 5.41) is 0.157. The van der Waals surface area contributed by atoms with Gasteiger partial charge in [-0.15, -0.1) is 0 Å². The van der Waals surface area contributed by atoms with E-state index < -0.39 is 11.9 Å². The normalized spacial score (nSPS) is 14.4. The Morgan fingerprint density at radius 2 is 1.83 bits per heavy atom. The third-order valence-corrected chi connectivity index (χ3v) is 6.60. The van der Waals surface area contributed by atoms with Crippen LogP contribution >= 0.6 is 35.0 Å². The monoisotopic (exact) mass is 541 g/mol. The second-order valence-electron chi connectivity index (χ2n) is 7.92. The molecule has 6 nitrogen and oxygen atoms in total. The SMILES string of the molecule is CCOc1cc(/C=C2\SC(=O)N(Cc3cccc(C)c3)C2=O)cc(Cl)c1OC(=O)c1cccc(Cl)c1. The maximum Gasteiger partial charge on any atom is 0.343 e. The summed E-state index contributed by atoms with van der Waals surface area (Å²) in [4.78, 5) is 39.6. The molecule has 36 heavy (non-hydrogen) atoms. The van der Waals surface area contributed by atoms with Crippen LogP contribution in [0.5, 0.6) is 11.5 Å². The molecule has 0 aliphatic carbocycles. The van der Waals surface area contributed by atoms with Crippen LogP contribution in [-0.2, 0) is 11.3 Å². The van der Waals surface area contributed by atoms with Crippen LogP contribution in [0.2, 0.25) is 10.0 Å². The molecule has 2 amide bonds. The lowest BCUT2D eigenvalue weighted by molar-refractivity contribution is -0.123. The van der Waals surface area contributed by atoms with E-state index in [2.05, 4.69) is 0 Å². The maximum atomic E-state index is 13.0. The fourth-order valence-corrected chi connectivity index (χ4v) is 4.87. The first-order valence-corrected chi connectivity index (χ1v) is 12.6. The Bertz CT molecular complexity index is 1390. The number of amides is 2. The van der Waals surface area contributed by atoms with Gasteiger partial charge in [-0.05, 0) is 73.1 Å². The van der Waals surface area contributed by atoms with E-state index in [4.69, 9.17) is 32.7 Å². The van der Waals surface area contributed by atoms with Crippen LogP contribution in [0.1, 0.15) is 34.0 Å². The maximum absolute atomic E-state index is 13.0. The van der Waals surface area contributed by atoms with Crippen LogP contribution in [-0.4, -0.2) is 28.6 Å². The molecule has 0 radical (unpaired) electrons. The van der Waals surface area contributed by atoms with E-state index >= 15 is 0 Å². The number of aryl methyl sites for hydroxylation is 1. The number of ether oxygens (including phenoxy) is 2. The van der Waals surface area contributed by atoms with E-state index in [0.29, 0.717) is 10.6 Å². The first-order chi connectivity index (χ1) is 17.2. The average molecular weight is 542 g/mol. The molecule has 1 fully saturated rings. The minimum absolute atomic E-state index is 0.0493. The first-order valence-electron chi connectivity index (χ1n) is 11.0. The molecule has 3 aromatic rings. The Hall–Kier alpha value is -3.26. The lowest BCUT2D eigenvalue weighted by atomic mass is 10.1. The van der Waals surface area contributed by atoms with Gasteiger partial charge in [-0.2, -0.15) is 0 Å². The van der Waals surface area contributed by atoms with E-state index in [9.17, 15) is 14.4 Å². The minimum atomic E-state index is -0.648. The number of rotatable bonds is 7. The predicted octanol–water partition coefficient (Wildman–Crippen LogP) is 7.16. The molecule has 1 aliphatic heterocycles. The van der Waals surface area contributed by atoms with Gasteiger partial charge in [-0.3, -0.25) is 14.5 Å². The zero-order valence-corrected chi connectivity index (χ0v) is 21.7. The van der Waals surface area contributed by atoms with Crippen LogP contribution in [0, 0.1) is 6.92 Å². The molecule has 0 saturated carbocycles. The lowest BCUT2D eigenvalue weighted by Crippen LogP contribution is -2.27. The highest BCUT2D eigenvalue weighted by Crippen LogP contribution is 2.40. The summed E-state index contributed by atoms with van der Waals surface area (Å²) >= 11 is 13.3. The molecule has 0 atom stereocenters. The number of carbonyl (C=O) groups is 3. The van der Waals surface area contributed by atoms with Gasteiger partial charge in [0.1, 0.15) is 0 Å². The van der Waals surface area contributed by atoms with E-state index in [-0.39, 0.29) is 45.4 Å². The number of imide groups is 1. The van der Waals surface area contributed by atoms with Crippen molar-refractivity contribution in [1.29, 1.82) is 0 Å². The molecule has 1 heterocycles. The number of esters is 1. The van der Waals surface area contributed by atoms with Gasteiger partial charge in [-0.1, -0.05) is 59.1 Å². The highest BCUT2D eigenvalue weighted by atomic mass is 35.5. The van der Waals surface area contributed by atoms with Crippen LogP contribution in [0.15, 0.2) is 65.6 Å². The van der Waals surface area contributed by atoms with Crippen molar-refractivity contribution in [3.05, 3.63) is 97.9 Å². The zero-order valence-electron chi connectivity index (χ0n) is 19.4. The van der Waals surface area contributed by atoms with Crippen LogP contribution < -0.4 is 9.47 Å². The van der Waals surface area contributed by atoms with Gasteiger partial charge in [0.15, 0.2) is 11.5 Å².